The van der Waals surface area contributed by atoms with E-state index in [0.717, 1.165) is 48.7 Å². The summed E-state index contributed by atoms with van der Waals surface area (Å²) >= 11 is 1.24. The molecule has 0 spiro atoms. The number of rotatable bonds is 2. The highest BCUT2D eigenvalue weighted by atomic mass is 32.2. The molecule has 0 saturated heterocycles. The minimum absolute atomic E-state index is 0.255. The first kappa shape index (κ1) is 13.8. The highest BCUT2D eigenvalue weighted by Crippen LogP contribution is 2.33. The molecular formula is C14H18N2O2S2. The number of nitrogens with zero attached hydrogens (tertiary/aromatic N) is 1. The van der Waals surface area contributed by atoms with Crippen LogP contribution < -0.4 is 5.73 Å². The van der Waals surface area contributed by atoms with Crippen molar-refractivity contribution in [3.63, 3.8) is 0 Å². The minimum atomic E-state index is -3.29. The standard InChI is InChI=1S/C14H18N2O2S2/c15-10-7-8-12-13(9-10)19-14(16-12)20(17,18)11-5-3-1-2-4-6-11/h7-9,11H,1-6,15H2. The maximum absolute atomic E-state index is 12.7. The summed E-state index contributed by atoms with van der Waals surface area (Å²) < 4.78 is 26.5. The van der Waals surface area contributed by atoms with Crippen molar-refractivity contribution >= 4 is 37.1 Å². The predicted octanol–water partition coefficient (Wildman–Crippen LogP) is 3.38. The molecule has 4 nitrogen and oxygen atoms in total. The molecule has 0 amide bonds. The second-order valence-electron chi connectivity index (χ2n) is 5.37. The molecule has 1 fully saturated rings. The Kier molecular flexibility index (Phi) is 3.69. The van der Waals surface area contributed by atoms with Crippen LogP contribution in [0.15, 0.2) is 22.5 Å². The Labute approximate surface area is 122 Å². The fourth-order valence-corrected chi connectivity index (χ4v) is 6.09. The predicted molar refractivity (Wildman–Crippen MR) is 82.7 cm³/mol. The van der Waals surface area contributed by atoms with E-state index in [2.05, 4.69) is 4.98 Å². The normalized spacial score (nSPS) is 18.2. The Morgan fingerprint density at radius 3 is 2.55 bits per heavy atom. The topological polar surface area (TPSA) is 73.0 Å². The van der Waals surface area contributed by atoms with Gasteiger partial charge in [0.2, 0.25) is 14.2 Å². The van der Waals surface area contributed by atoms with Gasteiger partial charge in [0.05, 0.1) is 15.5 Å². The van der Waals surface area contributed by atoms with Gasteiger partial charge >= 0.3 is 0 Å². The van der Waals surface area contributed by atoms with Gasteiger partial charge in [0, 0.05) is 5.69 Å². The van der Waals surface area contributed by atoms with E-state index in [4.69, 9.17) is 5.73 Å². The van der Waals surface area contributed by atoms with E-state index in [-0.39, 0.29) is 9.59 Å². The lowest BCUT2D eigenvalue weighted by Crippen LogP contribution is -2.20. The van der Waals surface area contributed by atoms with Crippen molar-refractivity contribution in [3.05, 3.63) is 18.2 Å². The maximum Gasteiger partial charge on any atom is 0.210 e. The van der Waals surface area contributed by atoms with Crippen molar-refractivity contribution in [2.45, 2.75) is 48.1 Å². The summed E-state index contributed by atoms with van der Waals surface area (Å²) in [6, 6.07) is 5.33. The van der Waals surface area contributed by atoms with Crippen LogP contribution in [0.2, 0.25) is 0 Å². The number of nitrogen functional groups attached to an aromatic ring is 1. The van der Waals surface area contributed by atoms with E-state index in [9.17, 15) is 8.42 Å². The van der Waals surface area contributed by atoms with Gasteiger partial charge in [0.15, 0.2) is 0 Å². The number of anilines is 1. The van der Waals surface area contributed by atoms with Crippen molar-refractivity contribution in [3.8, 4) is 0 Å². The van der Waals surface area contributed by atoms with Gasteiger partial charge in [-0.05, 0) is 31.0 Å². The zero-order valence-corrected chi connectivity index (χ0v) is 12.8. The van der Waals surface area contributed by atoms with Gasteiger partial charge in [-0.2, -0.15) is 0 Å². The van der Waals surface area contributed by atoms with Gasteiger partial charge in [-0.1, -0.05) is 25.7 Å². The molecule has 0 aliphatic heterocycles. The van der Waals surface area contributed by atoms with Crippen molar-refractivity contribution < 1.29 is 8.42 Å². The summed E-state index contributed by atoms with van der Waals surface area (Å²) in [6.07, 6.45) is 5.81. The maximum atomic E-state index is 12.7. The van der Waals surface area contributed by atoms with Crippen LogP contribution in [0.3, 0.4) is 0 Å². The van der Waals surface area contributed by atoms with Crippen LogP contribution in [0, 0.1) is 0 Å². The van der Waals surface area contributed by atoms with Gasteiger partial charge < -0.3 is 5.73 Å². The molecule has 3 rings (SSSR count). The molecule has 1 saturated carbocycles. The highest BCUT2D eigenvalue weighted by Gasteiger charge is 2.30. The Bertz CT molecular complexity index is 714. The SMILES string of the molecule is Nc1ccc2nc(S(=O)(=O)C3CCCCCC3)sc2c1. The molecule has 108 valence electrons. The fraction of sp³-hybridized carbons (Fsp3) is 0.500. The molecule has 0 bridgehead atoms. The average molecular weight is 310 g/mol. The number of nitrogens with two attached hydrogens (primary N) is 1. The molecule has 0 atom stereocenters. The van der Waals surface area contributed by atoms with Crippen LogP contribution in [0.25, 0.3) is 10.2 Å². The quantitative estimate of drug-likeness (QED) is 0.681. The van der Waals surface area contributed by atoms with Crippen molar-refractivity contribution in [2.75, 3.05) is 5.73 Å². The lowest BCUT2D eigenvalue weighted by atomic mass is 10.2. The van der Waals surface area contributed by atoms with Crippen LogP contribution >= 0.6 is 11.3 Å². The lowest BCUT2D eigenvalue weighted by Gasteiger charge is -2.12. The van der Waals surface area contributed by atoms with Crippen molar-refractivity contribution in [1.82, 2.24) is 4.98 Å². The Morgan fingerprint density at radius 2 is 1.85 bits per heavy atom. The van der Waals surface area contributed by atoms with Crippen molar-refractivity contribution in [1.29, 1.82) is 0 Å². The zero-order chi connectivity index (χ0) is 14.2. The van der Waals surface area contributed by atoms with Crippen LogP contribution in [0.4, 0.5) is 5.69 Å². The first-order valence-electron chi connectivity index (χ1n) is 6.97. The Balaban J connectivity index is 1.99. The largest absolute Gasteiger partial charge is 0.399 e. The van der Waals surface area contributed by atoms with E-state index in [1.165, 1.54) is 11.3 Å². The zero-order valence-electron chi connectivity index (χ0n) is 11.2. The molecule has 1 aromatic carbocycles. The summed E-state index contributed by atoms with van der Waals surface area (Å²) in [4.78, 5) is 4.31. The second-order valence-corrected chi connectivity index (χ2v) is 8.80. The number of aromatic nitrogens is 1. The average Bonchev–Trinajstić information content (AvgIpc) is 2.65. The molecule has 0 radical (unpaired) electrons. The smallest absolute Gasteiger partial charge is 0.210 e. The summed E-state index contributed by atoms with van der Waals surface area (Å²) in [7, 11) is -3.29. The second kappa shape index (κ2) is 5.33. The summed E-state index contributed by atoms with van der Waals surface area (Å²) in [5.41, 5.74) is 7.09. The number of fused-ring (bicyclic) bond motifs is 1. The van der Waals surface area contributed by atoms with Crippen LogP contribution in [0.5, 0.6) is 0 Å². The monoisotopic (exact) mass is 310 g/mol. The molecule has 0 unspecified atom stereocenters. The summed E-state index contributed by atoms with van der Waals surface area (Å²) in [5, 5.41) is -0.261. The van der Waals surface area contributed by atoms with Crippen molar-refractivity contribution in [2.24, 2.45) is 0 Å². The fourth-order valence-electron chi connectivity index (χ4n) is 2.74. The third-order valence-corrected chi connectivity index (χ3v) is 7.56. The first-order valence-corrected chi connectivity index (χ1v) is 9.33. The number of thiazole rings is 1. The highest BCUT2D eigenvalue weighted by molar-refractivity contribution is 7.94. The van der Waals surface area contributed by atoms with Crippen LogP contribution in [-0.2, 0) is 9.84 Å². The molecule has 1 aliphatic rings. The third-order valence-electron chi connectivity index (χ3n) is 3.88. The van der Waals surface area contributed by atoms with E-state index >= 15 is 0 Å². The molecule has 1 heterocycles. The number of hydrogen-bond donors (Lipinski definition) is 1. The van der Waals surface area contributed by atoms with Crippen LogP contribution in [0.1, 0.15) is 38.5 Å². The molecule has 6 heteroatoms. The molecule has 20 heavy (non-hydrogen) atoms. The van der Waals surface area contributed by atoms with Gasteiger partial charge in [-0.3, -0.25) is 0 Å². The van der Waals surface area contributed by atoms with E-state index < -0.39 is 9.84 Å². The molecule has 1 aromatic heterocycles. The summed E-state index contributed by atoms with van der Waals surface area (Å²) in [5.74, 6) is 0. The number of benzene rings is 1. The number of hydrogen-bond acceptors (Lipinski definition) is 5. The molecule has 1 aliphatic carbocycles. The van der Waals surface area contributed by atoms with Gasteiger partial charge in [-0.25, -0.2) is 13.4 Å². The van der Waals surface area contributed by atoms with Crippen LogP contribution in [-0.4, -0.2) is 18.7 Å². The number of sulfone groups is 1. The Morgan fingerprint density at radius 1 is 1.15 bits per heavy atom. The molecule has 2 N–H and O–H groups in total. The van der Waals surface area contributed by atoms with Gasteiger partial charge in [-0.15, -0.1) is 11.3 Å². The van der Waals surface area contributed by atoms with E-state index in [1.54, 1.807) is 18.2 Å². The Hall–Kier alpha value is -1.14. The van der Waals surface area contributed by atoms with Gasteiger partial charge in [0.25, 0.3) is 0 Å². The molecule has 2 aromatic rings. The minimum Gasteiger partial charge on any atom is -0.399 e. The van der Waals surface area contributed by atoms with E-state index in [1.807, 2.05) is 0 Å². The third kappa shape index (κ3) is 2.54. The van der Waals surface area contributed by atoms with E-state index in [0.29, 0.717) is 5.69 Å². The lowest BCUT2D eigenvalue weighted by molar-refractivity contribution is 0.562. The molecular weight excluding hydrogens is 292 g/mol. The first-order chi connectivity index (χ1) is 9.57. The van der Waals surface area contributed by atoms with Gasteiger partial charge in [0.1, 0.15) is 0 Å². The summed E-state index contributed by atoms with van der Waals surface area (Å²) in [6.45, 7) is 0.